The summed E-state index contributed by atoms with van der Waals surface area (Å²) in [5.74, 6) is 2.41. The van der Waals surface area contributed by atoms with Crippen LogP contribution in [-0.2, 0) is 13.1 Å². The average molecular weight is 354 g/mol. The highest BCUT2D eigenvalue weighted by Gasteiger charge is 2.22. The van der Waals surface area contributed by atoms with Gasteiger partial charge in [-0.1, -0.05) is 12.1 Å². The third-order valence-corrected chi connectivity index (χ3v) is 4.68. The summed E-state index contributed by atoms with van der Waals surface area (Å²) >= 11 is 0. The van der Waals surface area contributed by atoms with Gasteiger partial charge in [0.15, 0.2) is 0 Å². The Morgan fingerprint density at radius 3 is 3.04 bits per heavy atom. The fraction of sp³-hybridized carbons (Fsp3) is 0.444. The lowest BCUT2D eigenvalue weighted by molar-refractivity contribution is 0.142. The summed E-state index contributed by atoms with van der Waals surface area (Å²) in [7, 11) is 1.64. The zero-order valence-electron chi connectivity index (χ0n) is 14.8. The van der Waals surface area contributed by atoms with Gasteiger partial charge in [0.1, 0.15) is 18.4 Å². The van der Waals surface area contributed by atoms with E-state index in [2.05, 4.69) is 25.2 Å². The molecule has 136 valence electrons. The normalized spacial score (nSPS) is 18.1. The Labute approximate surface area is 151 Å². The summed E-state index contributed by atoms with van der Waals surface area (Å²) in [6.45, 7) is 3.59. The molecule has 0 radical (unpaired) electrons. The van der Waals surface area contributed by atoms with Gasteiger partial charge in [-0.05, 0) is 37.4 Å². The summed E-state index contributed by atoms with van der Waals surface area (Å²) in [6, 6.07) is 7.66. The second-order valence-electron chi connectivity index (χ2n) is 6.56. The van der Waals surface area contributed by atoms with Gasteiger partial charge in [0, 0.05) is 13.1 Å². The minimum absolute atomic E-state index is 0.494. The molecule has 4 rings (SSSR count). The molecule has 3 aromatic rings. The number of likely N-dealkylation sites (tertiary alicyclic amines) is 1. The predicted octanol–water partition coefficient (Wildman–Crippen LogP) is 2.25. The Morgan fingerprint density at radius 2 is 2.19 bits per heavy atom. The second kappa shape index (κ2) is 7.65. The molecule has 8 nitrogen and oxygen atoms in total. The molecule has 1 aliphatic heterocycles. The number of piperidine rings is 1. The number of hydrogen-bond acceptors (Lipinski definition) is 7. The van der Waals surface area contributed by atoms with Gasteiger partial charge in [-0.2, -0.15) is 5.10 Å². The number of aromatic nitrogens is 5. The van der Waals surface area contributed by atoms with Gasteiger partial charge >= 0.3 is 0 Å². The monoisotopic (exact) mass is 354 g/mol. The molecule has 0 spiro atoms. The van der Waals surface area contributed by atoms with Crippen LogP contribution in [0.1, 0.15) is 18.7 Å². The van der Waals surface area contributed by atoms with Crippen molar-refractivity contribution in [3.05, 3.63) is 42.8 Å². The number of nitrogens with zero attached hydrogens (tertiary/aromatic N) is 6. The minimum Gasteiger partial charge on any atom is -0.496 e. The molecule has 1 atom stereocenters. The molecule has 0 saturated carbocycles. The van der Waals surface area contributed by atoms with E-state index in [1.54, 1.807) is 19.8 Å². The van der Waals surface area contributed by atoms with Gasteiger partial charge in [0.25, 0.3) is 5.89 Å². The average Bonchev–Trinajstić information content (AvgIpc) is 3.34. The van der Waals surface area contributed by atoms with Crippen LogP contribution in [0, 0.1) is 5.92 Å². The van der Waals surface area contributed by atoms with Gasteiger partial charge in [-0.15, -0.1) is 10.2 Å². The molecule has 1 unspecified atom stereocenters. The summed E-state index contributed by atoms with van der Waals surface area (Å²) < 4.78 is 13.2. The van der Waals surface area contributed by atoms with Crippen molar-refractivity contribution in [1.29, 1.82) is 0 Å². The first kappa shape index (κ1) is 16.7. The van der Waals surface area contributed by atoms with Crippen molar-refractivity contribution in [2.24, 2.45) is 5.92 Å². The summed E-state index contributed by atoms with van der Waals surface area (Å²) in [5, 5.41) is 12.6. The van der Waals surface area contributed by atoms with Crippen LogP contribution in [0.15, 0.2) is 41.3 Å². The number of ether oxygens (including phenoxy) is 1. The molecule has 0 amide bonds. The SMILES string of the molecule is COc1ccccc1-c1nnc(CN2CCCC(Cn3cncn3)C2)o1. The van der Waals surface area contributed by atoms with Crippen LogP contribution in [0.2, 0.25) is 0 Å². The molecule has 26 heavy (non-hydrogen) atoms. The van der Waals surface area contributed by atoms with Crippen molar-refractivity contribution in [3.63, 3.8) is 0 Å². The van der Waals surface area contributed by atoms with Gasteiger partial charge in [-0.25, -0.2) is 4.98 Å². The Kier molecular flexibility index (Phi) is 4.92. The molecule has 1 saturated heterocycles. The lowest BCUT2D eigenvalue weighted by Gasteiger charge is -2.31. The highest BCUT2D eigenvalue weighted by molar-refractivity contribution is 5.62. The first-order valence-electron chi connectivity index (χ1n) is 8.82. The van der Waals surface area contributed by atoms with Gasteiger partial charge < -0.3 is 9.15 Å². The topological polar surface area (TPSA) is 82.1 Å². The van der Waals surface area contributed by atoms with Crippen LogP contribution < -0.4 is 4.74 Å². The maximum atomic E-state index is 5.88. The van der Waals surface area contributed by atoms with Gasteiger partial charge in [0.05, 0.1) is 19.2 Å². The van der Waals surface area contributed by atoms with E-state index in [4.69, 9.17) is 9.15 Å². The predicted molar refractivity (Wildman–Crippen MR) is 94.3 cm³/mol. The molecule has 2 aromatic heterocycles. The zero-order chi connectivity index (χ0) is 17.8. The number of methoxy groups -OCH3 is 1. The van der Waals surface area contributed by atoms with Crippen molar-refractivity contribution < 1.29 is 9.15 Å². The summed E-state index contributed by atoms with van der Waals surface area (Å²) in [6.07, 6.45) is 5.72. The molecule has 8 heteroatoms. The first-order chi connectivity index (χ1) is 12.8. The van der Waals surface area contributed by atoms with Gasteiger partial charge in [0.2, 0.25) is 5.89 Å². The Balaban J connectivity index is 1.40. The van der Waals surface area contributed by atoms with Crippen molar-refractivity contribution in [2.45, 2.75) is 25.9 Å². The molecule has 1 aliphatic rings. The van der Waals surface area contributed by atoms with E-state index in [0.717, 1.165) is 37.4 Å². The molecule has 0 bridgehead atoms. The van der Waals surface area contributed by atoms with Crippen molar-refractivity contribution in [3.8, 4) is 17.2 Å². The van der Waals surface area contributed by atoms with Crippen molar-refractivity contribution in [1.82, 2.24) is 29.9 Å². The fourth-order valence-electron chi connectivity index (χ4n) is 3.47. The number of rotatable bonds is 6. The molecule has 0 N–H and O–H groups in total. The maximum absolute atomic E-state index is 5.88. The molecular formula is C18H22N6O2. The number of hydrogen-bond donors (Lipinski definition) is 0. The Hall–Kier alpha value is -2.74. The summed E-state index contributed by atoms with van der Waals surface area (Å²) in [5.41, 5.74) is 0.816. The van der Waals surface area contributed by atoms with E-state index in [0.29, 0.717) is 24.2 Å². The van der Waals surface area contributed by atoms with Crippen LogP contribution in [-0.4, -0.2) is 50.1 Å². The lowest BCUT2D eigenvalue weighted by atomic mass is 9.98. The van der Waals surface area contributed by atoms with E-state index in [1.807, 2.05) is 28.9 Å². The highest BCUT2D eigenvalue weighted by Crippen LogP contribution is 2.29. The standard InChI is InChI=1S/C18H22N6O2/c1-25-16-7-3-2-6-15(16)18-22-21-17(26-18)11-23-8-4-5-14(9-23)10-24-13-19-12-20-24/h2-3,6-7,12-14H,4-5,8-11H2,1H3. The smallest absolute Gasteiger partial charge is 0.251 e. The number of para-hydroxylation sites is 1. The van der Waals surface area contributed by atoms with E-state index in [1.165, 1.54) is 6.42 Å². The lowest BCUT2D eigenvalue weighted by Crippen LogP contribution is -2.36. The highest BCUT2D eigenvalue weighted by atomic mass is 16.5. The third kappa shape index (κ3) is 3.75. The third-order valence-electron chi connectivity index (χ3n) is 4.68. The van der Waals surface area contributed by atoms with Crippen LogP contribution >= 0.6 is 0 Å². The largest absolute Gasteiger partial charge is 0.496 e. The van der Waals surface area contributed by atoms with Crippen LogP contribution in [0.4, 0.5) is 0 Å². The van der Waals surface area contributed by atoms with E-state index in [9.17, 15) is 0 Å². The molecule has 0 aliphatic carbocycles. The second-order valence-corrected chi connectivity index (χ2v) is 6.56. The van der Waals surface area contributed by atoms with Gasteiger partial charge in [-0.3, -0.25) is 9.58 Å². The Morgan fingerprint density at radius 1 is 1.27 bits per heavy atom. The Bertz CT molecular complexity index is 832. The van der Waals surface area contributed by atoms with Crippen LogP contribution in [0.5, 0.6) is 5.75 Å². The molecule has 3 heterocycles. The molecule has 1 fully saturated rings. The first-order valence-corrected chi connectivity index (χ1v) is 8.82. The molecular weight excluding hydrogens is 332 g/mol. The minimum atomic E-state index is 0.494. The maximum Gasteiger partial charge on any atom is 0.251 e. The van der Waals surface area contributed by atoms with Crippen molar-refractivity contribution >= 4 is 0 Å². The van der Waals surface area contributed by atoms with E-state index in [-0.39, 0.29) is 0 Å². The number of benzene rings is 1. The summed E-state index contributed by atoms with van der Waals surface area (Å²) in [4.78, 5) is 6.38. The van der Waals surface area contributed by atoms with Crippen molar-refractivity contribution in [2.75, 3.05) is 20.2 Å². The van der Waals surface area contributed by atoms with E-state index >= 15 is 0 Å². The van der Waals surface area contributed by atoms with E-state index < -0.39 is 0 Å². The fourth-order valence-corrected chi connectivity index (χ4v) is 3.47. The van der Waals surface area contributed by atoms with Crippen LogP contribution in [0.3, 0.4) is 0 Å². The molecule has 1 aromatic carbocycles. The quantitative estimate of drug-likeness (QED) is 0.671. The zero-order valence-corrected chi connectivity index (χ0v) is 14.8. The van der Waals surface area contributed by atoms with Crippen LogP contribution in [0.25, 0.3) is 11.5 Å².